The van der Waals surface area contributed by atoms with Crippen molar-refractivity contribution in [1.82, 2.24) is 9.80 Å². The number of nitrogens with zero attached hydrogens (tertiary/aromatic N) is 2. The molecule has 0 heterocycles. The number of ketones is 4. The van der Waals surface area contributed by atoms with E-state index in [0.717, 1.165) is 10.9 Å². The monoisotopic (exact) mass is 521 g/mol. The lowest BCUT2D eigenvalue weighted by Gasteiger charge is -2.52. The molecule has 10 nitrogen and oxygen atoms in total. The van der Waals surface area contributed by atoms with E-state index in [1.807, 2.05) is 37.2 Å². The molecule has 0 saturated heterocycles. The van der Waals surface area contributed by atoms with E-state index >= 15 is 0 Å². The molecule has 200 valence electrons. The van der Waals surface area contributed by atoms with Crippen LogP contribution >= 0.6 is 0 Å². The van der Waals surface area contributed by atoms with Crippen LogP contribution in [0.2, 0.25) is 0 Å². The predicted octanol–water partition coefficient (Wildman–Crippen LogP) is 0.0818. The quantitative estimate of drug-likeness (QED) is 0.474. The van der Waals surface area contributed by atoms with Crippen molar-refractivity contribution in [2.24, 2.45) is 29.4 Å². The highest BCUT2D eigenvalue weighted by Gasteiger charge is 2.69. The maximum Gasteiger partial charge on any atom is 0.235 e. The molecule has 38 heavy (non-hydrogen) atoms. The van der Waals surface area contributed by atoms with Crippen LogP contribution < -0.4 is 5.73 Å². The van der Waals surface area contributed by atoms with Crippen LogP contribution in [0.15, 0.2) is 24.3 Å². The number of rotatable bonds is 4. The van der Waals surface area contributed by atoms with Crippen LogP contribution in [0.3, 0.4) is 0 Å². The summed E-state index contributed by atoms with van der Waals surface area (Å²) >= 11 is 0. The molecule has 2 fully saturated rings. The van der Waals surface area contributed by atoms with Crippen LogP contribution in [0.1, 0.15) is 27.9 Å². The first kappa shape index (κ1) is 26.1. The van der Waals surface area contributed by atoms with E-state index in [-0.39, 0.29) is 24.2 Å². The van der Waals surface area contributed by atoms with Crippen molar-refractivity contribution in [2.75, 3.05) is 28.2 Å². The highest BCUT2D eigenvalue weighted by atomic mass is 16.3. The molecule has 0 aliphatic heterocycles. The molecule has 5 rings (SSSR count). The Kier molecular flexibility index (Phi) is 6.05. The average molecular weight is 522 g/mol. The lowest BCUT2D eigenvalue weighted by Crippen LogP contribution is -2.74. The van der Waals surface area contributed by atoms with Gasteiger partial charge in [-0.3, -0.25) is 28.9 Å². The highest BCUT2D eigenvalue weighted by molar-refractivity contribution is 6.32. The number of aliphatic hydroxyl groups is 1. The van der Waals surface area contributed by atoms with Crippen LogP contribution in [0, 0.1) is 23.7 Å². The van der Waals surface area contributed by atoms with E-state index in [2.05, 4.69) is 0 Å². The second-order valence-corrected chi connectivity index (χ2v) is 11.3. The van der Waals surface area contributed by atoms with E-state index in [1.54, 1.807) is 20.2 Å². The number of Topliss-reactive ketones (excluding diaryl/α,β-unsaturated/α-hetero) is 4. The molecule has 2 aromatic rings. The van der Waals surface area contributed by atoms with E-state index in [4.69, 9.17) is 5.73 Å². The zero-order valence-electron chi connectivity index (χ0n) is 21.7. The molecule has 0 bridgehead atoms. The minimum Gasteiger partial charge on any atom is -0.507 e. The van der Waals surface area contributed by atoms with Gasteiger partial charge >= 0.3 is 0 Å². The van der Waals surface area contributed by atoms with Crippen molar-refractivity contribution in [3.8, 4) is 5.75 Å². The van der Waals surface area contributed by atoms with Crippen molar-refractivity contribution in [3.63, 3.8) is 0 Å². The van der Waals surface area contributed by atoms with Gasteiger partial charge in [0.2, 0.25) is 5.91 Å². The molecule has 10 heteroatoms. The van der Waals surface area contributed by atoms with Gasteiger partial charge < -0.3 is 20.8 Å². The van der Waals surface area contributed by atoms with E-state index in [1.165, 1.54) is 4.90 Å². The lowest BCUT2D eigenvalue weighted by atomic mass is 9.52. The standard InChI is InChI=1S/C28H31N3O7/c1-30(2)11-12-5-6-13-8-14-9-15-10-17-21(31(3)4)24(34)20(27(29)37)26(36)28(17,38)25(35)19(15)23(33)18(14)22(32)16(13)7-12/h5-8,15,17,19-21,32,38H,9-11H2,1-4H3,(H2,29,37). The number of carbonyl (C=O) groups is 5. The second kappa shape index (κ2) is 8.79. The fourth-order valence-corrected chi connectivity index (χ4v) is 6.88. The summed E-state index contributed by atoms with van der Waals surface area (Å²) in [6, 6.07) is 6.33. The van der Waals surface area contributed by atoms with Gasteiger partial charge in [0.15, 0.2) is 34.7 Å². The SMILES string of the molecule is CN(C)Cc1ccc2cc3c(c(O)c2c1)C(=O)C1C(=O)C2(O)C(=O)C(C(N)=O)C(=O)C(N(C)C)C2CC1C3. The van der Waals surface area contributed by atoms with Gasteiger partial charge in [-0.2, -0.15) is 0 Å². The largest absolute Gasteiger partial charge is 0.507 e. The minimum atomic E-state index is -2.72. The summed E-state index contributed by atoms with van der Waals surface area (Å²) in [5, 5.41) is 24.1. The molecule has 4 N–H and O–H groups in total. The molecule has 0 aromatic heterocycles. The molecule has 3 aliphatic rings. The minimum absolute atomic E-state index is 0.00565. The van der Waals surface area contributed by atoms with Gasteiger partial charge in [0.25, 0.3) is 0 Å². The molecular weight excluding hydrogens is 490 g/mol. The molecule has 6 atom stereocenters. The molecule has 0 spiro atoms. The Morgan fingerprint density at radius 2 is 1.76 bits per heavy atom. The predicted molar refractivity (Wildman–Crippen MR) is 136 cm³/mol. The van der Waals surface area contributed by atoms with Crippen LogP contribution in [0.25, 0.3) is 10.8 Å². The van der Waals surface area contributed by atoms with Crippen molar-refractivity contribution in [3.05, 3.63) is 41.0 Å². The molecule has 2 saturated carbocycles. The summed E-state index contributed by atoms with van der Waals surface area (Å²) in [7, 11) is 6.95. The average Bonchev–Trinajstić information content (AvgIpc) is 2.81. The van der Waals surface area contributed by atoms with Crippen LogP contribution in [0.5, 0.6) is 5.75 Å². The number of hydrogen-bond acceptors (Lipinski definition) is 9. The van der Waals surface area contributed by atoms with Gasteiger partial charge in [-0.1, -0.05) is 18.2 Å². The molecule has 6 unspecified atom stereocenters. The van der Waals surface area contributed by atoms with Gasteiger partial charge in [0, 0.05) is 17.8 Å². The summed E-state index contributed by atoms with van der Waals surface area (Å²) in [6.07, 6.45) is 0.277. The topological polar surface area (TPSA) is 158 Å². The normalized spacial score (nSPS) is 31.0. The summed E-state index contributed by atoms with van der Waals surface area (Å²) in [5.74, 6) is -10.3. The van der Waals surface area contributed by atoms with Gasteiger partial charge in [0.1, 0.15) is 5.75 Å². The first-order valence-corrected chi connectivity index (χ1v) is 12.6. The number of likely N-dealkylation sites (N-methyl/N-ethyl adjacent to an activating group) is 1. The Balaban J connectivity index is 1.63. The zero-order valence-corrected chi connectivity index (χ0v) is 21.7. The maximum atomic E-state index is 13.9. The Labute approximate surface area is 219 Å². The first-order chi connectivity index (χ1) is 17.8. The van der Waals surface area contributed by atoms with Crippen LogP contribution in [-0.4, -0.2) is 88.9 Å². The molecule has 1 amide bonds. The smallest absolute Gasteiger partial charge is 0.235 e. The summed E-state index contributed by atoms with van der Waals surface area (Å²) in [4.78, 5) is 69.7. The number of benzene rings is 2. The third-order valence-corrected chi connectivity index (χ3v) is 8.43. The summed E-state index contributed by atoms with van der Waals surface area (Å²) in [6.45, 7) is 0.618. The molecule has 2 aromatic carbocycles. The van der Waals surface area contributed by atoms with E-state index < -0.39 is 64.4 Å². The van der Waals surface area contributed by atoms with E-state index in [0.29, 0.717) is 17.5 Å². The van der Waals surface area contributed by atoms with Gasteiger partial charge in [-0.25, -0.2) is 0 Å². The number of amides is 1. The van der Waals surface area contributed by atoms with Crippen LogP contribution in [-0.2, 0) is 32.1 Å². The van der Waals surface area contributed by atoms with Crippen LogP contribution in [0.4, 0.5) is 0 Å². The fourth-order valence-electron chi connectivity index (χ4n) is 6.88. The first-order valence-electron chi connectivity index (χ1n) is 12.6. The number of fused-ring (bicyclic) bond motifs is 4. The van der Waals surface area contributed by atoms with Crippen molar-refractivity contribution in [2.45, 2.75) is 31.0 Å². The Bertz CT molecular complexity index is 1430. The van der Waals surface area contributed by atoms with Gasteiger partial charge in [-0.05, 0) is 69.5 Å². The number of carbonyl (C=O) groups excluding carboxylic acids is 5. The Morgan fingerprint density at radius 3 is 2.37 bits per heavy atom. The lowest BCUT2D eigenvalue weighted by molar-refractivity contribution is -0.181. The Hall–Kier alpha value is -3.47. The van der Waals surface area contributed by atoms with Crippen molar-refractivity contribution in [1.29, 1.82) is 0 Å². The summed E-state index contributed by atoms with van der Waals surface area (Å²) < 4.78 is 0. The number of aromatic hydroxyl groups is 1. The third kappa shape index (κ3) is 3.54. The molecule has 0 radical (unpaired) electrons. The Morgan fingerprint density at radius 1 is 1.08 bits per heavy atom. The number of phenols is 1. The highest BCUT2D eigenvalue weighted by Crippen LogP contribution is 2.51. The van der Waals surface area contributed by atoms with E-state index in [9.17, 15) is 34.2 Å². The number of nitrogens with two attached hydrogens (primary N) is 1. The zero-order chi connectivity index (χ0) is 27.8. The maximum absolute atomic E-state index is 13.9. The van der Waals surface area contributed by atoms with Crippen molar-refractivity contribution >= 4 is 39.8 Å². The molecule has 3 aliphatic carbocycles. The van der Waals surface area contributed by atoms with Gasteiger partial charge in [0.05, 0.1) is 17.5 Å². The van der Waals surface area contributed by atoms with Gasteiger partial charge in [-0.15, -0.1) is 0 Å². The third-order valence-electron chi connectivity index (χ3n) is 8.43. The second-order valence-electron chi connectivity index (χ2n) is 11.3. The summed E-state index contributed by atoms with van der Waals surface area (Å²) in [5.41, 5.74) is 4.13. The fraction of sp³-hybridized carbons (Fsp3) is 0.464. The number of primary amides is 1. The number of hydrogen-bond donors (Lipinski definition) is 3. The molecular formula is C28H31N3O7. The number of phenolic OH excluding ortho intramolecular Hbond substituents is 1. The van der Waals surface area contributed by atoms with Crippen molar-refractivity contribution < 1.29 is 34.2 Å².